The lowest BCUT2D eigenvalue weighted by molar-refractivity contribution is 0.104. The molecular weight excluding hydrogens is 274 g/mol. The topological polar surface area (TPSA) is 40.0 Å². The predicted octanol–water partition coefficient (Wildman–Crippen LogP) is 2.30. The van der Waals surface area contributed by atoms with Crippen LogP contribution in [-0.2, 0) is 4.84 Å². The van der Waals surface area contributed by atoms with Crippen LogP contribution < -0.4 is 9.47 Å². The van der Waals surface area contributed by atoms with E-state index in [1.807, 2.05) is 18.2 Å². The van der Waals surface area contributed by atoms with Gasteiger partial charge in [-0.3, -0.25) is 0 Å². The minimum Gasteiger partial charge on any atom is -0.454 e. The predicted molar refractivity (Wildman–Crippen MR) is 62.4 cm³/mol. The summed E-state index contributed by atoms with van der Waals surface area (Å²) >= 11 is 3.38. The van der Waals surface area contributed by atoms with Crippen molar-refractivity contribution < 1.29 is 14.3 Å². The monoisotopic (exact) mass is 283 g/mol. The fourth-order valence-electron chi connectivity index (χ4n) is 1.76. The maximum absolute atomic E-state index is 5.32. The molecule has 1 aromatic carbocycles. The van der Waals surface area contributed by atoms with Crippen LogP contribution in [0.25, 0.3) is 0 Å². The maximum atomic E-state index is 5.32. The third-order valence-corrected chi connectivity index (χ3v) is 3.33. The Kier molecular flexibility index (Phi) is 2.47. The molecule has 0 saturated carbocycles. The quantitative estimate of drug-likeness (QED) is 0.782. The Morgan fingerprint density at radius 2 is 2.19 bits per heavy atom. The normalized spacial score (nSPS) is 21.8. The van der Waals surface area contributed by atoms with Crippen molar-refractivity contribution >= 4 is 21.6 Å². The fraction of sp³-hybridized carbons (Fsp3) is 0.364. The van der Waals surface area contributed by atoms with E-state index < -0.39 is 0 Å². The van der Waals surface area contributed by atoms with Gasteiger partial charge in [-0.1, -0.05) is 21.1 Å². The first kappa shape index (κ1) is 9.96. The van der Waals surface area contributed by atoms with Gasteiger partial charge in [-0.2, -0.15) is 0 Å². The molecule has 16 heavy (non-hydrogen) atoms. The van der Waals surface area contributed by atoms with Crippen molar-refractivity contribution in [1.82, 2.24) is 0 Å². The lowest BCUT2D eigenvalue weighted by atomic mass is 10.1. The Morgan fingerprint density at radius 1 is 1.31 bits per heavy atom. The van der Waals surface area contributed by atoms with Gasteiger partial charge in [0.1, 0.15) is 6.10 Å². The summed E-state index contributed by atoms with van der Waals surface area (Å²) in [4.78, 5) is 5.26. The molecule has 0 fully saturated rings. The number of oxime groups is 1. The zero-order valence-electron chi connectivity index (χ0n) is 8.48. The van der Waals surface area contributed by atoms with Gasteiger partial charge in [0.05, 0.1) is 5.71 Å². The minimum atomic E-state index is 0.139. The molecular formula is C11H10BrNO3. The van der Waals surface area contributed by atoms with Crippen molar-refractivity contribution in [3.05, 3.63) is 23.8 Å². The summed E-state index contributed by atoms with van der Waals surface area (Å²) in [6.07, 6.45) is 0.964. The van der Waals surface area contributed by atoms with Gasteiger partial charge in [-0.15, -0.1) is 0 Å². The number of hydrogen-bond donors (Lipinski definition) is 0. The van der Waals surface area contributed by atoms with Crippen molar-refractivity contribution in [2.45, 2.75) is 12.5 Å². The molecule has 0 spiro atoms. The van der Waals surface area contributed by atoms with E-state index >= 15 is 0 Å². The highest BCUT2D eigenvalue weighted by Crippen LogP contribution is 2.33. The zero-order chi connectivity index (χ0) is 11.0. The highest BCUT2D eigenvalue weighted by molar-refractivity contribution is 9.09. The van der Waals surface area contributed by atoms with Gasteiger partial charge < -0.3 is 14.3 Å². The molecule has 2 aliphatic heterocycles. The minimum absolute atomic E-state index is 0.139. The first-order valence-corrected chi connectivity index (χ1v) is 6.17. The third kappa shape index (κ3) is 1.65. The Balaban J connectivity index is 1.85. The number of nitrogens with zero attached hydrogens (tertiary/aromatic N) is 1. The molecule has 0 aliphatic carbocycles. The molecule has 0 N–H and O–H groups in total. The Morgan fingerprint density at radius 3 is 3.00 bits per heavy atom. The van der Waals surface area contributed by atoms with Crippen molar-refractivity contribution in [2.24, 2.45) is 5.16 Å². The van der Waals surface area contributed by atoms with Gasteiger partial charge in [0, 0.05) is 17.3 Å². The van der Waals surface area contributed by atoms with Gasteiger partial charge in [0.15, 0.2) is 11.5 Å². The molecule has 0 radical (unpaired) electrons. The average molecular weight is 284 g/mol. The highest BCUT2D eigenvalue weighted by Gasteiger charge is 2.23. The van der Waals surface area contributed by atoms with Crippen molar-refractivity contribution in [1.29, 1.82) is 0 Å². The van der Waals surface area contributed by atoms with E-state index in [0.29, 0.717) is 6.79 Å². The van der Waals surface area contributed by atoms with Gasteiger partial charge in [0.25, 0.3) is 0 Å². The van der Waals surface area contributed by atoms with Gasteiger partial charge in [-0.05, 0) is 18.2 Å². The largest absolute Gasteiger partial charge is 0.454 e. The molecule has 0 amide bonds. The summed E-state index contributed by atoms with van der Waals surface area (Å²) < 4.78 is 10.6. The Bertz CT molecular complexity index is 447. The number of alkyl halides is 1. The molecule has 4 nitrogen and oxygen atoms in total. The molecule has 3 rings (SSSR count). The molecule has 1 atom stereocenters. The van der Waals surface area contributed by atoms with Crippen LogP contribution in [0.5, 0.6) is 11.5 Å². The standard InChI is InChI=1S/C11H10BrNO3/c12-5-8-4-9(13-16-8)7-1-2-10-11(3-7)15-6-14-10/h1-3,8H,4-6H2. The molecule has 0 aromatic heterocycles. The van der Waals surface area contributed by atoms with Crippen LogP contribution in [0, 0.1) is 0 Å². The number of hydrogen-bond acceptors (Lipinski definition) is 4. The summed E-state index contributed by atoms with van der Waals surface area (Å²) in [5, 5.41) is 4.87. The second-order valence-corrected chi connectivity index (χ2v) is 4.34. The van der Waals surface area contributed by atoms with Crippen LogP contribution in [0.1, 0.15) is 12.0 Å². The number of fused-ring (bicyclic) bond motifs is 1. The van der Waals surface area contributed by atoms with E-state index in [0.717, 1.165) is 34.5 Å². The second-order valence-electron chi connectivity index (χ2n) is 3.69. The maximum Gasteiger partial charge on any atom is 0.231 e. The van der Waals surface area contributed by atoms with Gasteiger partial charge >= 0.3 is 0 Å². The van der Waals surface area contributed by atoms with Crippen LogP contribution in [-0.4, -0.2) is 23.9 Å². The molecule has 0 saturated heterocycles. The van der Waals surface area contributed by atoms with Crippen molar-refractivity contribution in [2.75, 3.05) is 12.1 Å². The van der Waals surface area contributed by atoms with Crippen LogP contribution in [0.2, 0.25) is 0 Å². The lowest BCUT2D eigenvalue weighted by Crippen LogP contribution is -2.09. The van der Waals surface area contributed by atoms with Crippen LogP contribution >= 0.6 is 15.9 Å². The first-order chi connectivity index (χ1) is 7.86. The molecule has 5 heteroatoms. The van der Waals surface area contributed by atoms with E-state index in [9.17, 15) is 0 Å². The summed E-state index contributed by atoms with van der Waals surface area (Å²) in [7, 11) is 0. The average Bonchev–Trinajstić information content (AvgIpc) is 2.96. The molecule has 84 valence electrons. The van der Waals surface area contributed by atoms with Gasteiger partial charge in [0.2, 0.25) is 6.79 Å². The third-order valence-electron chi connectivity index (χ3n) is 2.61. The van der Waals surface area contributed by atoms with E-state index in [1.165, 1.54) is 0 Å². The summed E-state index contributed by atoms with van der Waals surface area (Å²) in [6, 6.07) is 5.83. The molecule has 1 aromatic rings. The summed E-state index contributed by atoms with van der Waals surface area (Å²) in [5.41, 5.74) is 2.00. The zero-order valence-corrected chi connectivity index (χ0v) is 10.1. The van der Waals surface area contributed by atoms with Crippen LogP contribution in [0.3, 0.4) is 0 Å². The van der Waals surface area contributed by atoms with Crippen LogP contribution in [0.4, 0.5) is 0 Å². The lowest BCUT2D eigenvalue weighted by Gasteiger charge is -2.02. The van der Waals surface area contributed by atoms with Crippen LogP contribution in [0.15, 0.2) is 23.4 Å². The SMILES string of the molecule is BrCC1CC(c2ccc3c(c2)OCO3)=NO1. The van der Waals surface area contributed by atoms with Gasteiger partial charge in [-0.25, -0.2) is 0 Å². The van der Waals surface area contributed by atoms with E-state index in [-0.39, 0.29) is 6.10 Å². The van der Waals surface area contributed by atoms with Crippen molar-refractivity contribution in [3.63, 3.8) is 0 Å². The summed E-state index contributed by atoms with van der Waals surface area (Å²) in [5.74, 6) is 1.57. The molecule has 1 unspecified atom stereocenters. The van der Waals surface area contributed by atoms with E-state index in [4.69, 9.17) is 14.3 Å². The second kappa shape index (κ2) is 3.97. The molecule has 2 aliphatic rings. The smallest absolute Gasteiger partial charge is 0.231 e. The number of ether oxygens (including phenoxy) is 2. The Labute approximate surface area is 101 Å². The fourth-order valence-corrected chi connectivity index (χ4v) is 2.10. The highest BCUT2D eigenvalue weighted by atomic mass is 79.9. The van der Waals surface area contributed by atoms with E-state index in [2.05, 4.69) is 21.1 Å². The first-order valence-electron chi connectivity index (χ1n) is 5.05. The van der Waals surface area contributed by atoms with Crippen molar-refractivity contribution in [3.8, 4) is 11.5 Å². The molecule has 2 heterocycles. The summed E-state index contributed by atoms with van der Waals surface area (Å²) in [6.45, 7) is 0.297. The number of benzene rings is 1. The number of rotatable bonds is 2. The van der Waals surface area contributed by atoms with E-state index in [1.54, 1.807) is 0 Å². The molecule has 0 bridgehead atoms. The Hall–Kier alpha value is -1.23. The number of halogens is 1.